The summed E-state index contributed by atoms with van der Waals surface area (Å²) in [6.45, 7) is 0.397. The van der Waals surface area contributed by atoms with Crippen molar-refractivity contribution in [2.24, 2.45) is 16.0 Å². The van der Waals surface area contributed by atoms with E-state index in [9.17, 15) is 4.79 Å². The van der Waals surface area contributed by atoms with Crippen LogP contribution in [0, 0.1) is 0 Å². The quantitative estimate of drug-likeness (QED) is 0.817. The van der Waals surface area contributed by atoms with Gasteiger partial charge in [-0.05, 0) is 29.3 Å². The second kappa shape index (κ2) is 6.58. The molecule has 0 aliphatic carbocycles. The van der Waals surface area contributed by atoms with Gasteiger partial charge in [-0.25, -0.2) is 0 Å². The highest BCUT2D eigenvalue weighted by Gasteiger charge is 2.01. The van der Waals surface area contributed by atoms with Crippen LogP contribution in [-0.2, 0) is 17.8 Å². The Labute approximate surface area is 116 Å². The van der Waals surface area contributed by atoms with E-state index in [2.05, 4.69) is 10.2 Å². The maximum Gasteiger partial charge on any atom is 0.307 e. The fraction of sp³-hybridized carbons (Fsp3) is 0.133. The first-order chi connectivity index (χ1) is 9.69. The SMILES string of the molecule is NCc1ccccc1N=Nc1cccc(CC(=O)O)c1. The van der Waals surface area contributed by atoms with E-state index in [1.807, 2.05) is 24.3 Å². The van der Waals surface area contributed by atoms with Gasteiger partial charge in [0.05, 0.1) is 17.8 Å². The zero-order valence-corrected chi connectivity index (χ0v) is 10.9. The van der Waals surface area contributed by atoms with Crippen LogP contribution in [-0.4, -0.2) is 11.1 Å². The summed E-state index contributed by atoms with van der Waals surface area (Å²) in [5.41, 5.74) is 8.58. The Balaban J connectivity index is 2.20. The lowest BCUT2D eigenvalue weighted by molar-refractivity contribution is -0.136. The normalized spacial score (nSPS) is 10.8. The average molecular weight is 269 g/mol. The van der Waals surface area contributed by atoms with Crippen molar-refractivity contribution < 1.29 is 9.90 Å². The Hall–Kier alpha value is -2.53. The van der Waals surface area contributed by atoms with Crippen LogP contribution in [0.25, 0.3) is 0 Å². The van der Waals surface area contributed by atoms with E-state index in [4.69, 9.17) is 10.8 Å². The molecule has 0 unspecified atom stereocenters. The smallest absolute Gasteiger partial charge is 0.307 e. The van der Waals surface area contributed by atoms with Gasteiger partial charge in [0.25, 0.3) is 0 Å². The molecule has 0 spiro atoms. The topological polar surface area (TPSA) is 88.0 Å². The number of carboxylic acids is 1. The molecule has 0 atom stereocenters. The van der Waals surface area contributed by atoms with E-state index < -0.39 is 5.97 Å². The third-order valence-corrected chi connectivity index (χ3v) is 2.75. The van der Waals surface area contributed by atoms with Crippen LogP contribution >= 0.6 is 0 Å². The van der Waals surface area contributed by atoms with Gasteiger partial charge in [0.2, 0.25) is 0 Å². The Morgan fingerprint density at radius 1 is 1.10 bits per heavy atom. The molecule has 0 aliphatic rings. The molecule has 0 heterocycles. The third-order valence-electron chi connectivity index (χ3n) is 2.75. The van der Waals surface area contributed by atoms with Crippen LogP contribution in [0.2, 0.25) is 0 Å². The second-order valence-electron chi connectivity index (χ2n) is 4.27. The number of hydrogen-bond donors (Lipinski definition) is 2. The first-order valence-corrected chi connectivity index (χ1v) is 6.19. The second-order valence-corrected chi connectivity index (χ2v) is 4.27. The van der Waals surface area contributed by atoms with Crippen molar-refractivity contribution in [2.75, 3.05) is 0 Å². The lowest BCUT2D eigenvalue weighted by atomic mass is 10.1. The van der Waals surface area contributed by atoms with Gasteiger partial charge in [0.1, 0.15) is 0 Å². The zero-order valence-electron chi connectivity index (χ0n) is 10.9. The molecule has 2 aromatic rings. The summed E-state index contributed by atoms with van der Waals surface area (Å²) in [7, 11) is 0. The van der Waals surface area contributed by atoms with Crippen molar-refractivity contribution in [1.29, 1.82) is 0 Å². The van der Waals surface area contributed by atoms with Gasteiger partial charge >= 0.3 is 5.97 Å². The number of rotatable bonds is 5. The highest BCUT2D eigenvalue weighted by Crippen LogP contribution is 2.22. The summed E-state index contributed by atoms with van der Waals surface area (Å²) in [5, 5.41) is 17.1. The minimum Gasteiger partial charge on any atom is -0.481 e. The number of nitrogens with two attached hydrogens (primary N) is 1. The summed E-state index contributed by atoms with van der Waals surface area (Å²) in [6, 6.07) is 14.5. The molecular weight excluding hydrogens is 254 g/mol. The van der Waals surface area contributed by atoms with E-state index in [0.717, 1.165) is 11.3 Å². The molecule has 3 N–H and O–H groups in total. The van der Waals surface area contributed by atoms with E-state index >= 15 is 0 Å². The molecule has 0 saturated heterocycles. The molecule has 0 radical (unpaired) electrons. The largest absolute Gasteiger partial charge is 0.481 e. The number of nitrogens with zero attached hydrogens (tertiary/aromatic N) is 2. The van der Waals surface area contributed by atoms with Crippen LogP contribution in [0.3, 0.4) is 0 Å². The van der Waals surface area contributed by atoms with Gasteiger partial charge in [0, 0.05) is 6.54 Å². The standard InChI is InChI=1S/C15H15N3O2/c16-10-12-5-1-2-7-14(12)18-17-13-6-3-4-11(8-13)9-15(19)20/h1-8H,9-10,16H2,(H,19,20). The molecule has 5 nitrogen and oxygen atoms in total. The minimum absolute atomic E-state index is 0.0251. The van der Waals surface area contributed by atoms with E-state index in [-0.39, 0.29) is 6.42 Å². The molecule has 0 bridgehead atoms. The van der Waals surface area contributed by atoms with Crippen LogP contribution in [0.4, 0.5) is 11.4 Å². The predicted molar refractivity (Wildman–Crippen MR) is 76.3 cm³/mol. The van der Waals surface area contributed by atoms with Gasteiger partial charge in [-0.1, -0.05) is 30.3 Å². The molecule has 0 fully saturated rings. The summed E-state index contributed by atoms with van der Waals surface area (Å²) in [5.74, 6) is -0.868. The maximum atomic E-state index is 10.7. The van der Waals surface area contributed by atoms with Crippen LogP contribution in [0.5, 0.6) is 0 Å². The van der Waals surface area contributed by atoms with E-state index in [1.165, 1.54) is 0 Å². The minimum atomic E-state index is -0.868. The monoisotopic (exact) mass is 269 g/mol. The molecular formula is C15H15N3O2. The lowest BCUT2D eigenvalue weighted by Gasteiger charge is -2.01. The third kappa shape index (κ3) is 3.73. The van der Waals surface area contributed by atoms with Crippen molar-refractivity contribution in [1.82, 2.24) is 0 Å². The molecule has 2 aromatic carbocycles. The maximum absolute atomic E-state index is 10.7. The summed E-state index contributed by atoms with van der Waals surface area (Å²) in [4.78, 5) is 10.7. The van der Waals surface area contributed by atoms with Crippen LogP contribution < -0.4 is 5.73 Å². The molecule has 0 aromatic heterocycles. The van der Waals surface area contributed by atoms with Crippen LogP contribution in [0.15, 0.2) is 58.8 Å². The average Bonchev–Trinajstić information content (AvgIpc) is 2.45. The Kier molecular flexibility index (Phi) is 4.57. The fourth-order valence-electron chi connectivity index (χ4n) is 1.80. The predicted octanol–water partition coefficient (Wildman–Crippen LogP) is 3.19. The highest BCUT2D eigenvalue weighted by atomic mass is 16.4. The lowest BCUT2D eigenvalue weighted by Crippen LogP contribution is -1.99. The molecule has 0 amide bonds. The summed E-state index contributed by atoms with van der Waals surface area (Å²) in [6.07, 6.45) is -0.0251. The number of azo groups is 1. The van der Waals surface area contributed by atoms with Gasteiger partial charge in [-0.15, -0.1) is 0 Å². The van der Waals surface area contributed by atoms with Crippen molar-refractivity contribution in [2.45, 2.75) is 13.0 Å². The van der Waals surface area contributed by atoms with Gasteiger partial charge in [0.15, 0.2) is 0 Å². The Bertz CT molecular complexity index is 639. The first kappa shape index (κ1) is 13.9. The highest BCUT2D eigenvalue weighted by molar-refractivity contribution is 5.70. The molecule has 20 heavy (non-hydrogen) atoms. The number of hydrogen-bond acceptors (Lipinski definition) is 4. The van der Waals surface area contributed by atoms with Crippen molar-refractivity contribution >= 4 is 17.3 Å². The zero-order chi connectivity index (χ0) is 14.4. The number of carbonyl (C=O) groups is 1. The van der Waals surface area contributed by atoms with Gasteiger partial charge < -0.3 is 10.8 Å². The number of benzene rings is 2. The molecule has 102 valence electrons. The Morgan fingerprint density at radius 3 is 2.65 bits per heavy atom. The van der Waals surface area contributed by atoms with Crippen molar-refractivity contribution in [3.63, 3.8) is 0 Å². The Morgan fingerprint density at radius 2 is 1.90 bits per heavy atom. The van der Waals surface area contributed by atoms with Gasteiger partial charge in [-0.2, -0.15) is 10.2 Å². The van der Waals surface area contributed by atoms with Crippen molar-refractivity contribution in [3.05, 3.63) is 59.7 Å². The fourth-order valence-corrected chi connectivity index (χ4v) is 1.80. The summed E-state index contributed by atoms with van der Waals surface area (Å²) >= 11 is 0. The van der Waals surface area contributed by atoms with Gasteiger partial charge in [-0.3, -0.25) is 4.79 Å². The molecule has 5 heteroatoms. The molecule has 2 rings (SSSR count). The molecule has 0 aliphatic heterocycles. The number of carboxylic acid groups (broad SMARTS) is 1. The van der Waals surface area contributed by atoms with Crippen LogP contribution in [0.1, 0.15) is 11.1 Å². The van der Waals surface area contributed by atoms with E-state index in [0.29, 0.717) is 17.8 Å². The molecule has 0 saturated carbocycles. The summed E-state index contributed by atoms with van der Waals surface area (Å²) < 4.78 is 0. The van der Waals surface area contributed by atoms with E-state index in [1.54, 1.807) is 24.3 Å². The van der Waals surface area contributed by atoms with Crippen molar-refractivity contribution in [3.8, 4) is 0 Å². The first-order valence-electron chi connectivity index (χ1n) is 6.19. The number of aliphatic carboxylic acids is 1.